The molecule has 0 aliphatic heterocycles. The Morgan fingerprint density at radius 1 is 1.13 bits per heavy atom. The average Bonchev–Trinajstić information content (AvgIpc) is 3.01. The zero-order valence-electron chi connectivity index (χ0n) is 22.8. The fraction of sp³-hybridized carbons (Fsp3) is 0.357. The van der Waals surface area contributed by atoms with E-state index in [9.17, 15) is 28.9 Å². The predicted octanol–water partition coefficient (Wildman–Crippen LogP) is -2.25. The van der Waals surface area contributed by atoms with Gasteiger partial charge in [0.2, 0.25) is 0 Å². The number of carbonyl (C=O) groups excluding carboxylic acids is 1. The minimum absolute atomic E-state index is 0. The van der Waals surface area contributed by atoms with Gasteiger partial charge < -0.3 is 29.0 Å². The number of aliphatic hydroxyl groups excluding tert-OH is 1. The van der Waals surface area contributed by atoms with Crippen LogP contribution in [0.1, 0.15) is 55.0 Å². The Hall–Kier alpha value is -0.900. The van der Waals surface area contributed by atoms with Gasteiger partial charge in [0, 0.05) is 35.4 Å². The SMILES string of the molecule is CC(C)c1nc2c(c(-c3ccc(F)cc3)c1COP(=O)([O-])C[C@H](O)CC(=O)[O-])CCCc1ccccc1-2.[Na+].[Na+]. The quantitative estimate of drug-likeness (QED) is 0.228. The van der Waals surface area contributed by atoms with Gasteiger partial charge in [0.25, 0.3) is 0 Å². The summed E-state index contributed by atoms with van der Waals surface area (Å²) < 4.78 is 31.8. The molecule has 1 unspecified atom stereocenters. The van der Waals surface area contributed by atoms with Crippen LogP contribution in [-0.4, -0.2) is 28.3 Å². The van der Waals surface area contributed by atoms with E-state index in [0.29, 0.717) is 17.7 Å². The number of aliphatic hydroxyl groups is 1. The molecule has 0 saturated heterocycles. The molecule has 0 fully saturated rings. The summed E-state index contributed by atoms with van der Waals surface area (Å²) in [6.45, 7) is 3.56. The van der Waals surface area contributed by atoms with E-state index in [1.54, 1.807) is 12.1 Å². The van der Waals surface area contributed by atoms with Gasteiger partial charge in [0.05, 0.1) is 18.4 Å². The van der Waals surface area contributed by atoms with Crippen LogP contribution < -0.4 is 69.1 Å². The maximum absolute atomic E-state index is 13.8. The fourth-order valence-electron chi connectivity index (χ4n) is 4.89. The summed E-state index contributed by atoms with van der Waals surface area (Å²) in [5.74, 6) is -2.03. The Balaban J connectivity index is 0.00000267. The average molecular weight is 571 g/mol. The van der Waals surface area contributed by atoms with E-state index < -0.39 is 32.3 Å². The van der Waals surface area contributed by atoms with E-state index in [1.165, 1.54) is 17.7 Å². The first kappa shape index (κ1) is 34.3. The van der Waals surface area contributed by atoms with Gasteiger partial charge in [-0.2, -0.15) is 0 Å². The van der Waals surface area contributed by atoms with Crippen LogP contribution in [0, 0.1) is 5.82 Å². The van der Waals surface area contributed by atoms with Crippen molar-refractivity contribution >= 4 is 13.6 Å². The topological polar surface area (TPSA) is 123 Å². The van der Waals surface area contributed by atoms with Crippen LogP contribution in [0.5, 0.6) is 0 Å². The number of pyridine rings is 1. The number of rotatable bonds is 9. The first-order valence-corrected chi connectivity index (χ1v) is 14.0. The van der Waals surface area contributed by atoms with Crippen molar-refractivity contribution in [1.82, 2.24) is 4.98 Å². The molecule has 1 N–H and O–H groups in total. The standard InChI is InChI=1S/C28H31FNO6P.2Na/c1-17(2)27-24(15-36-37(34,35)16-21(31)14-25(32)33)26(19-10-12-20(29)13-11-19)23-9-5-7-18-6-3-4-8-22(18)28(23)30-27;;/h3-4,6,8,10-13,17,21,31H,5,7,9,14-16H2,1-2H3,(H,32,33)(H,34,35);;/q;2*+1/p-2/t21-;;/m1../s1. The molecular formula is C28H29FNNa2O6P. The smallest absolute Gasteiger partial charge is 0.778 e. The summed E-state index contributed by atoms with van der Waals surface area (Å²) in [6, 6.07) is 14.1. The molecule has 1 heterocycles. The number of carbonyl (C=O) groups is 1. The van der Waals surface area contributed by atoms with Crippen molar-refractivity contribution in [2.75, 3.05) is 6.16 Å². The molecule has 0 saturated carbocycles. The third-order valence-corrected chi connectivity index (χ3v) is 7.89. The maximum atomic E-state index is 13.8. The summed E-state index contributed by atoms with van der Waals surface area (Å²) in [6.07, 6.45) is -0.894. The molecule has 0 radical (unpaired) electrons. The predicted molar refractivity (Wildman–Crippen MR) is 134 cm³/mol. The third kappa shape index (κ3) is 8.55. The van der Waals surface area contributed by atoms with Crippen LogP contribution in [0.4, 0.5) is 4.39 Å². The Kier molecular flexibility index (Phi) is 13.0. The van der Waals surface area contributed by atoms with Crippen molar-refractivity contribution in [3.05, 3.63) is 76.7 Å². The second-order valence-electron chi connectivity index (χ2n) is 9.65. The number of carboxylic acid groups (broad SMARTS) is 1. The Morgan fingerprint density at radius 2 is 1.79 bits per heavy atom. The van der Waals surface area contributed by atoms with E-state index in [-0.39, 0.29) is 77.5 Å². The first-order valence-electron chi connectivity index (χ1n) is 12.3. The number of aromatic nitrogens is 1. The molecule has 1 aliphatic carbocycles. The molecule has 0 spiro atoms. The van der Waals surface area contributed by atoms with Crippen LogP contribution in [0.15, 0.2) is 48.5 Å². The van der Waals surface area contributed by atoms with Crippen molar-refractivity contribution < 1.29 is 92.5 Å². The molecule has 2 atom stereocenters. The minimum atomic E-state index is -4.61. The number of hydrogen-bond donors (Lipinski definition) is 1. The number of aliphatic carboxylic acids is 1. The molecule has 2 aromatic carbocycles. The van der Waals surface area contributed by atoms with Gasteiger partial charge in [-0.1, -0.05) is 50.2 Å². The number of aryl methyl sites for hydroxylation is 1. The summed E-state index contributed by atoms with van der Waals surface area (Å²) in [5, 5.41) is 20.5. The normalized spacial score (nSPS) is 14.6. The van der Waals surface area contributed by atoms with Gasteiger partial charge in [-0.15, -0.1) is 0 Å². The molecule has 7 nitrogen and oxygen atoms in total. The van der Waals surface area contributed by atoms with Crippen LogP contribution in [0.2, 0.25) is 0 Å². The van der Waals surface area contributed by atoms with E-state index in [2.05, 4.69) is 6.07 Å². The van der Waals surface area contributed by atoms with E-state index in [0.717, 1.165) is 40.8 Å². The number of carboxylic acids is 1. The number of fused-ring (bicyclic) bond motifs is 3. The molecule has 1 aromatic heterocycles. The van der Waals surface area contributed by atoms with Crippen LogP contribution >= 0.6 is 7.60 Å². The zero-order chi connectivity index (χ0) is 26.7. The second-order valence-corrected chi connectivity index (χ2v) is 11.5. The molecule has 11 heteroatoms. The Morgan fingerprint density at radius 3 is 2.44 bits per heavy atom. The van der Waals surface area contributed by atoms with Gasteiger partial charge in [0.15, 0.2) is 0 Å². The van der Waals surface area contributed by atoms with E-state index >= 15 is 0 Å². The van der Waals surface area contributed by atoms with E-state index in [1.807, 2.05) is 32.0 Å². The van der Waals surface area contributed by atoms with Gasteiger partial charge in [-0.05, 0) is 59.6 Å². The van der Waals surface area contributed by atoms with Gasteiger partial charge in [-0.3, -0.25) is 4.98 Å². The molecule has 3 aromatic rings. The molecule has 1 aliphatic rings. The molecule has 196 valence electrons. The van der Waals surface area contributed by atoms with Crippen molar-refractivity contribution in [2.24, 2.45) is 0 Å². The van der Waals surface area contributed by atoms with Crippen molar-refractivity contribution in [1.29, 1.82) is 0 Å². The summed E-state index contributed by atoms with van der Waals surface area (Å²) in [7, 11) is -4.61. The summed E-state index contributed by atoms with van der Waals surface area (Å²) in [4.78, 5) is 28.4. The minimum Gasteiger partial charge on any atom is -0.778 e. The Bertz CT molecular complexity index is 1350. The molecule has 0 amide bonds. The number of hydrogen-bond acceptors (Lipinski definition) is 7. The zero-order valence-corrected chi connectivity index (χ0v) is 27.7. The number of benzene rings is 2. The molecular weight excluding hydrogens is 542 g/mol. The van der Waals surface area contributed by atoms with Crippen molar-refractivity contribution in [2.45, 2.75) is 58.2 Å². The monoisotopic (exact) mass is 571 g/mol. The van der Waals surface area contributed by atoms with Crippen LogP contribution in [-0.2, 0) is 33.3 Å². The van der Waals surface area contributed by atoms with Gasteiger partial charge >= 0.3 is 59.1 Å². The van der Waals surface area contributed by atoms with Crippen LogP contribution in [0.3, 0.4) is 0 Å². The number of nitrogens with zero attached hydrogens (tertiary/aromatic N) is 1. The molecule has 0 bridgehead atoms. The van der Waals surface area contributed by atoms with Crippen molar-refractivity contribution in [3.63, 3.8) is 0 Å². The largest absolute Gasteiger partial charge is 1.00 e. The van der Waals surface area contributed by atoms with Crippen LogP contribution in [0.25, 0.3) is 22.4 Å². The fourth-order valence-corrected chi connectivity index (χ4v) is 5.97. The summed E-state index contributed by atoms with van der Waals surface area (Å²) in [5.41, 5.74) is 6.69. The molecule has 4 rings (SSSR count). The van der Waals surface area contributed by atoms with E-state index in [4.69, 9.17) is 9.51 Å². The maximum Gasteiger partial charge on any atom is 1.00 e. The summed E-state index contributed by atoms with van der Waals surface area (Å²) >= 11 is 0. The molecule has 39 heavy (non-hydrogen) atoms. The Labute approximate surface area is 272 Å². The van der Waals surface area contributed by atoms with Gasteiger partial charge in [0.1, 0.15) is 13.4 Å². The second kappa shape index (κ2) is 14.8. The number of halogens is 1. The first-order chi connectivity index (χ1) is 17.6. The van der Waals surface area contributed by atoms with Gasteiger partial charge in [-0.25, -0.2) is 4.39 Å². The van der Waals surface area contributed by atoms with Crippen molar-refractivity contribution in [3.8, 4) is 22.4 Å². The third-order valence-electron chi connectivity index (χ3n) is 6.50.